The number of sulfone groups is 1. The Labute approximate surface area is 119 Å². The van der Waals surface area contributed by atoms with Gasteiger partial charge >= 0.3 is 0 Å². The van der Waals surface area contributed by atoms with Gasteiger partial charge in [-0.3, -0.25) is 0 Å². The molecule has 0 aliphatic rings. The van der Waals surface area contributed by atoms with Gasteiger partial charge in [0.15, 0.2) is 9.84 Å². The number of benzene rings is 2. The van der Waals surface area contributed by atoms with Gasteiger partial charge in [-0.25, -0.2) is 8.42 Å². The van der Waals surface area contributed by atoms with Gasteiger partial charge in [-0.15, -0.1) is 0 Å². The van der Waals surface area contributed by atoms with E-state index in [1.54, 1.807) is 24.3 Å². The Morgan fingerprint density at radius 1 is 1.05 bits per heavy atom. The molecule has 106 valence electrons. The highest BCUT2D eigenvalue weighted by atomic mass is 32.2. The van der Waals surface area contributed by atoms with Gasteiger partial charge in [0.05, 0.1) is 11.5 Å². The van der Waals surface area contributed by atoms with Gasteiger partial charge < -0.3 is 10.5 Å². The van der Waals surface area contributed by atoms with Crippen LogP contribution in [0.3, 0.4) is 0 Å². The SMILES string of the molecule is CS(=O)(=O)c1ccc(OCCc2ccccc2N)cc1. The van der Waals surface area contributed by atoms with Crippen molar-refractivity contribution in [1.29, 1.82) is 0 Å². The zero-order valence-corrected chi connectivity index (χ0v) is 12.1. The lowest BCUT2D eigenvalue weighted by Crippen LogP contribution is -2.04. The molecule has 2 aromatic carbocycles. The number of ether oxygens (including phenoxy) is 1. The van der Waals surface area contributed by atoms with E-state index in [1.807, 2.05) is 24.3 Å². The number of nitrogen functional groups attached to an aromatic ring is 1. The van der Waals surface area contributed by atoms with Gasteiger partial charge in [-0.2, -0.15) is 0 Å². The van der Waals surface area contributed by atoms with Crippen LogP contribution in [0.5, 0.6) is 5.75 Å². The van der Waals surface area contributed by atoms with Crippen LogP contribution in [0.4, 0.5) is 5.69 Å². The van der Waals surface area contributed by atoms with E-state index < -0.39 is 9.84 Å². The summed E-state index contributed by atoms with van der Waals surface area (Å²) in [5.41, 5.74) is 7.64. The minimum absolute atomic E-state index is 0.289. The van der Waals surface area contributed by atoms with Gasteiger partial charge in [0, 0.05) is 18.4 Å². The van der Waals surface area contributed by atoms with Crippen molar-refractivity contribution < 1.29 is 13.2 Å². The maximum absolute atomic E-state index is 11.3. The predicted molar refractivity (Wildman–Crippen MR) is 79.6 cm³/mol. The summed E-state index contributed by atoms with van der Waals surface area (Å²) in [4.78, 5) is 0.289. The molecule has 0 radical (unpaired) electrons. The van der Waals surface area contributed by atoms with Crippen LogP contribution in [-0.4, -0.2) is 21.3 Å². The van der Waals surface area contributed by atoms with E-state index in [0.717, 1.165) is 11.3 Å². The monoisotopic (exact) mass is 291 g/mol. The molecule has 0 aliphatic carbocycles. The van der Waals surface area contributed by atoms with E-state index in [2.05, 4.69) is 0 Å². The molecule has 2 rings (SSSR count). The first kappa shape index (κ1) is 14.4. The lowest BCUT2D eigenvalue weighted by molar-refractivity contribution is 0.322. The van der Waals surface area contributed by atoms with Gasteiger partial charge in [-0.1, -0.05) is 18.2 Å². The normalized spacial score (nSPS) is 11.2. The highest BCUT2D eigenvalue weighted by molar-refractivity contribution is 7.90. The van der Waals surface area contributed by atoms with Crippen LogP contribution in [-0.2, 0) is 16.3 Å². The Balaban J connectivity index is 1.94. The van der Waals surface area contributed by atoms with Crippen molar-refractivity contribution in [3.63, 3.8) is 0 Å². The summed E-state index contributed by atoms with van der Waals surface area (Å²) in [6.45, 7) is 0.492. The molecule has 2 aromatic rings. The molecule has 0 heterocycles. The molecule has 0 saturated carbocycles. The van der Waals surface area contributed by atoms with Crippen molar-refractivity contribution in [3.8, 4) is 5.75 Å². The van der Waals surface area contributed by atoms with E-state index in [1.165, 1.54) is 6.26 Å². The lowest BCUT2D eigenvalue weighted by atomic mass is 10.1. The van der Waals surface area contributed by atoms with Gasteiger partial charge in [0.2, 0.25) is 0 Å². The zero-order chi connectivity index (χ0) is 14.6. The summed E-state index contributed by atoms with van der Waals surface area (Å²) in [5, 5.41) is 0. The van der Waals surface area contributed by atoms with E-state index in [-0.39, 0.29) is 4.90 Å². The maximum atomic E-state index is 11.3. The molecule has 20 heavy (non-hydrogen) atoms. The molecule has 0 saturated heterocycles. The number of hydrogen-bond donors (Lipinski definition) is 1. The highest BCUT2D eigenvalue weighted by Crippen LogP contribution is 2.17. The van der Waals surface area contributed by atoms with Crippen LogP contribution < -0.4 is 10.5 Å². The van der Waals surface area contributed by atoms with Crippen LogP contribution in [0.1, 0.15) is 5.56 Å². The number of rotatable bonds is 5. The third-order valence-electron chi connectivity index (χ3n) is 2.95. The van der Waals surface area contributed by atoms with E-state index >= 15 is 0 Å². The fourth-order valence-corrected chi connectivity index (χ4v) is 2.45. The molecule has 4 nitrogen and oxygen atoms in total. The Bertz CT molecular complexity index is 679. The van der Waals surface area contributed by atoms with Crippen LogP contribution in [0, 0.1) is 0 Å². The molecule has 2 N–H and O–H groups in total. The third kappa shape index (κ3) is 3.74. The Morgan fingerprint density at radius 3 is 2.30 bits per heavy atom. The number of hydrogen-bond acceptors (Lipinski definition) is 4. The van der Waals surface area contributed by atoms with Gasteiger partial charge in [0.25, 0.3) is 0 Å². The summed E-state index contributed by atoms with van der Waals surface area (Å²) in [7, 11) is -3.16. The standard InChI is InChI=1S/C15H17NO3S/c1-20(17,18)14-8-6-13(7-9-14)19-11-10-12-4-2-3-5-15(12)16/h2-9H,10-11,16H2,1H3. The van der Waals surface area contributed by atoms with Gasteiger partial charge in [-0.05, 0) is 35.9 Å². The number of anilines is 1. The summed E-state index contributed by atoms with van der Waals surface area (Å²) in [5.74, 6) is 0.645. The minimum Gasteiger partial charge on any atom is -0.493 e. The lowest BCUT2D eigenvalue weighted by Gasteiger charge is -2.08. The molecule has 0 atom stereocenters. The topological polar surface area (TPSA) is 69.4 Å². The number of nitrogens with two attached hydrogens (primary N) is 1. The molecular weight excluding hydrogens is 274 g/mol. The molecule has 0 unspecified atom stereocenters. The molecule has 5 heteroatoms. The summed E-state index contributed by atoms with van der Waals surface area (Å²) >= 11 is 0. The van der Waals surface area contributed by atoms with Crippen molar-refractivity contribution in [1.82, 2.24) is 0 Å². The van der Waals surface area contributed by atoms with Crippen molar-refractivity contribution in [2.75, 3.05) is 18.6 Å². The second-order valence-corrected chi connectivity index (χ2v) is 6.56. The van der Waals surface area contributed by atoms with E-state index in [4.69, 9.17) is 10.5 Å². The molecule has 0 spiro atoms. The minimum atomic E-state index is -3.16. The fraction of sp³-hybridized carbons (Fsp3) is 0.200. The largest absolute Gasteiger partial charge is 0.493 e. The summed E-state index contributed by atoms with van der Waals surface area (Å²) in [6.07, 6.45) is 1.89. The van der Waals surface area contributed by atoms with E-state index in [0.29, 0.717) is 18.8 Å². The third-order valence-corrected chi connectivity index (χ3v) is 4.08. The van der Waals surface area contributed by atoms with Gasteiger partial charge in [0.1, 0.15) is 5.75 Å². The van der Waals surface area contributed by atoms with Crippen molar-refractivity contribution >= 4 is 15.5 Å². The van der Waals surface area contributed by atoms with Crippen molar-refractivity contribution in [2.24, 2.45) is 0 Å². The van der Waals surface area contributed by atoms with Crippen LogP contribution in [0.25, 0.3) is 0 Å². The summed E-state index contributed by atoms with van der Waals surface area (Å²) < 4.78 is 28.2. The molecule has 0 aliphatic heterocycles. The zero-order valence-electron chi connectivity index (χ0n) is 11.2. The van der Waals surface area contributed by atoms with Crippen LogP contribution in [0.15, 0.2) is 53.4 Å². The first-order valence-corrected chi connectivity index (χ1v) is 8.12. The second kappa shape index (κ2) is 5.96. The van der Waals surface area contributed by atoms with Crippen LogP contribution in [0.2, 0.25) is 0 Å². The predicted octanol–water partition coefficient (Wildman–Crippen LogP) is 2.29. The Hall–Kier alpha value is -2.01. The Kier molecular flexibility index (Phi) is 4.29. The highest BCUT2D eigenvalue weighted by Gasteiger charge is 2.06. The van der Waals surface area contributed by atoms with Crippen molar-refractivity contribution in [2.45, 2.75) is 11.3 Å². The van der Waals surface area contributed by atoms with Crippen LogP contribution >= 0.6 is 0 Å². The summed E-state index contributed by atoms with van der Waals surface area (Å²) in [6, 6.07) is 14.1. The maximum Gasteiger partial charge on any atom is 0.175 e. The molecule has 0 fully saturated rings. The smallest absolute Gasteiger partial charge is 0.175 e. The average molecular weight is 291 g/mol. The second-order valence-electron chi connectivity index (χ2n) is 4.54. The average Bonchev–Trinajstić information content (AvgIpc) is 2.40. The van der Waals surface area contributed by atoms with E-state index in [9.17, 15) is 8.42 Å². The van der Waals surface area contributed by atoms with Crippen molar-refractivity contribution in [3.05, 3.63) is 54.1 Å². The Morgan fingerprint density at radius 2 is 1.70 bits per heavy atom. The first-order chi connectivity index (χ1) is 9.47. The number of para-hydroxylation sites is 1. The first-order valence-electron chi connectivity index (χ1n) is 6.23. The fourth-order valence-electron chi connectivity index (χ4n) is 1.82. The molecule has 0 aromatic heterocycles. The molecule has 0 bridgehead atoms. The quantitative estimate of drug-likeness (QED) is 0.858. The molecule has 0 amide bonds. The molecular formula is C15H17NO3S.